The van der Waals surface area contributed by atoms with E-state index in [1.165, 1.54) is 20.9 Å². The van der Waals surface area contributed by atoms with Gasteiger partial charge in [0.05, 0.1) is 0 Å². The van der Waals surface area contributed by atoms with Gasteiger partial charge in [0.2, 0.25) is 0 Å². The Labute approximate surface area is 126 Å². The van der Waals surface area contributed by atoms with Crippen LogP contribution in [0.2, 0.25) is 0 Å². The summed E-state index contributed by atoms with van der Waals surface area (Å²) in [6.07, 6.45) is 1.06. The summed E-state index contributed by atoms with van der Waals surface area (Å²) in [4.78, 5) is 2.79. The summed E-state index contributed by atoms with van der Waals surface area (Å²) in [6.45, 7) is 9.76. The van der Waals surface area contributed by atoms with Crippen molar-refractivity contribution in [2.75, 3.05) is 6.54 Å². The Balaban J connectivity index is 2.20. The van der Waals surface area contributed by atoms with Gasteiger partial charge in [-0.1, -0.05) is 52.0 Å². The first-order valence-corrected chi connectivity index (χ1v) is 8.14. The Bertz CT molecular complexity index is 546. The van der Waals surface area contributed by atoms with Gasteiger partial charge in [-0.15, -0.1) is 11.3 Å². The number of thiophene rings is 1. The lowest BCUT2D eigenvalue weighted by molar-refractivity contribution is 0.590. The van der Waals surface area contributed by atoms with Crippen molar-refractivity contribution in [3.8, 4) is 10.4 Å². The predicted octanol–water partition coefficient (Wildman–Crippen LogP) is 5.16. The Morgan fingerprint density at radius 1 is 1.05 bits per heavy atom. The molecule has 2 rings (SSSR count). The maximum absolute atomic E-state index is 5.65. The largest absolute Gasteiger partial charge is 0.330 e. The van der Waals surface area contributed by atoms with Crippen molar-refractivity contribution in [3.05, 3.63) is 46.8 Å². The molecule has 0 spiro atoms. The van der Waals surface area contributed by atoms with Crippen molar-refractivity contribution in [3.63, 3.8) is 0 Å². The zero-order chi connectivity index (χ0) is 14.8. The summed E-state index contributed by atoms with van der Waals surface area (Å²) in [7, 11) is 0. The molecule has 2 heteroatoms. The van der Waals surface area contributed by atoms with Gasteiger partial charge in [0.25, 0.3) is 0 Å². The first-order chi connectivity index (χ1) is 9.41. The molecule has 0 aliphatic rings. The summed E-state index contributed by atoms with van der Waals surface area (Å²) in [5, 5.41) is 0. The Morgan fingerprint density at radius 3 is 2.25 bits per heavy atom. The molecule has 0 amide bonds. The van der Waals surface area contributed by atoms with Crippen LogP contribution in [0.5, 0.6) is 0 Å². The van der Waals surface area contributed by atoms with E-state index in [2.05, 4.69) is 64.1 Å². The van der Waals surface area contributed by atoms with E-state index < -0.39 is 0 Å². The van der Waals surface area contributed by atoms with Gasteiger partial charge in [-0.25, -0.2) is 0 Å². The molecule has 1 nitrogen and oxygen atoms in total. The SMILES string of the molecule is CC(CCN)c1ccc(-c2ccc(C(C)(C)C)cc2)s1. The molecular formula is C18H25NS. The molecular weight excluding hydrogens is 262 g/mol. The highest BCUT2D eigenvalue weighted by atomic mass is 32.1. The third-order valence-corrected chi connectivity index (χ3v) is 5.11. The van der Waals surface area contributed by atoms with Crippen LogP contribution in [0.4, 0.5) is 0 Å². The third kappa shape index (κ3) is 3.50. The van der Waals surface area contributed by atoms with Gasteiger partial charge < -0.3 is 5.73 Å². The highest BCUT2D eigenvalue weighted by Crippen LogP contribution is 2.34. The monoisotopic (exact) mass is 287 g/mol. The van der Waals surface area contributed by atoms with Gasteiger partial charge in [-0.3, -0.25) is 0 Å². The number of nitrogens with two attached hydrogens (primary N) is 1. The van der Waals surface area contributed by atoms with Gasteiger partial charge in [0.15, 0.2) is 0 Å². The maximum Gasteiger partial charge on any atom is 0.0345 e. The second-order valence-corrected chi connectivity index (χ2v) is 7.62. The quantitative estimate of drug-likeness (QED) is 0.825. The normalized spacial score (nSPS) is 13.4. The van der Waals surface area contributed by atoms with Crippen molar-refractivity contribution in [1.82, 2.24) is 0 Å². The van der Waals surface area contributed by atoms with Crippen LogP contribution in [0, 0.1) is 0 Å². The molecule has 0 aliphatic carbocycles. The van der Waals surface area contributed by atoms with E-state index >= 15 is 0 Å². The summed E-state index contributed by atoms with van der Waals surface area (Å²) in [6, 6.07) is 13.5. The third-order valence-electron chi connectivity index (χ3n) is 3.75. The molecule has 0 saturated carbocycles. The Morgan fingerprint density at radius 2 is 1.70 bits per heavy atom. The lowest BCUT2D eigenvalue weighted by atomic mass is 9.86. The van der Waals surface area contributed by atoms with Gasteiger partial charge in [0.1, 0.15) is 0 Å². The van der Waals surface area contributed by atoms with E-state index in [1.807, 2.05) is 11.3 Å². The van der Waals surface area contributed by atoms with Crippen LogP contribution in [-0.4, -0.2) is 6.54 Å². The van der Waals surface area contributed by atoms with Crippen molar-refractivity contribution in [2.45, 2.75) is 45.4 Å². The van der Waals surface area contributed by atoms with Gasteiger partial charge in [-0.2, -0.15) is 0 Å². The van der Waals surface area contributed by atoms with Gasteiger partial charge in [0, 0.05) is 9.75 Å². The van der Waals surface area contributed by atoms with E-state index in [9.17, 15) is 0 Å². The second kappa shape index (κ2) is 6.11. The smallest absolute Gasteiger partial charge is 0.0345 e. The molecule has 0 bridgehead atoms. The molecule has 2 aromatic rings. The van der Waals surface area contributed by atoms with Crippen molar-refractivity contribution in [1.29, 1.82) is 0 Å². The molecule has 1 atom stereocenters. The summed E-state index contributed by atoms with van der Waals surface area (Å²) < 4.78 is 0. The van der Waals surface area contributed by atoms with Crippen LogP contribution >= 0.6 is 11.3 Å². The van der Waals surface area contributed by atoms with Crippen molar-refractivity contribution in [2.24, 2.45) is 5.73 Å². The average Bonchev–Trinajstić information content (AvgIpc) is 2.88. The zero-order valence-corrected chi connectivity index (χ0v) is 13.8. The van der Waals surface area contributed by atoms with E-state index in [-0.39, 0.29) is 5.41 Å². The highest BCUT2D eigenvalue weighted by Gasteiger charge is 2.14. The topological polar surface area (TPSA) is 26.0 Å². The van der Waals surface area contributed by atoms with E-state index in [1.54, 1.807) is 0 Å². The van der Waals surface area contributed by atoms with Crippen LogP contribution < -0.4 is 5.73 Å². The lowest BCUT2D eigenvalue weighted by Gasteiger charge is -2.19. The number of hydrogen-bond acceptors (Lipinski definition) is 2. The van der Waals surface area contributed by atoms with E-state index in [0.717, 1.165) is 13.0 Å². The lowest BCUT2D eigenvalue weighted by Crippen LogP contribution is -2.10. The van der Waals surface area contributed by atoms with Gasteiger partial charge in [-0.05, 0) is 47.6 Å². The molecule has 1 aromatic carbocycles. The molecule has 1 unspecified atom stereocenters. The predicted molar refractivity (Wildman–Crippen MR) is 90.5 cm³/mol. The van der Waals surface area contributed by atoms with Crippen LogP contribution in [0.1, 0.15) is 50.5 Å². The fraction of sp³-hybridized carbons (Fsp3) is 0.444. The molecule has 0 aliphatic heterocycles. The number of hydrogen-bond donors (Lipinski definition) is 1. The molecule has 0 saturated heterocycles. The Hall–Kier alpha value is -1.12. The minimum absolute atomic E-state index is 0.217. The molecule has 0 fully saturated rings. The molecule has 2 N–H and O–H groups in total. The fourth-order valence-electron chi connectivity index (χ4n) is 2.30. The average molecular weight is 287 g/mol. The minimum atomic E-state index is 0.217. The molecule has 108 valence electrons. The van der Waals surface area contributed by atoms with E-state index in [4.69, 9.17) is 5.73 Å². The van der Waals surface area contributed by atoms with Crippen molar-refractivity contribution < 1.29 is 0 Å². The number of rotatable bonds is 4. The molecule has 1 heterocycles. The minimum Gasteiger partial charge on any atom is -0.330 e. The first-order valence-electron chi connectivity index (χ1n) is 7.32. The first kappa shape index (κ1) is 15.3. The van der Waals surface area contributed by atoms with Crippen LogP contribution in [0.3, 0.4) is 0 Å². The summed E-state index contributed by atoms with van der Waals surface area (Å²) in [5.74, 6) is 0.563. The molecule has 20 heavy (non-hydrogen) atoms. The molecule has 0 radical (unpaired) electrons. The standard InChI is InChI=1S/C18H25NS/c1-13(11-12-19)16-9-10-17(20-16)14-5-7-15(8-6-14)18(2,3)4/h5-10,13H,11-12,19H2,1-4H3. The Kier molecular flexibility index (Phi) is 4.66. The fourth-order valence-corrected chi connectivity index (χ4v) is 3.40. The van der Waals surface area contributed by atoms with Crippen LogP contribution in [-0.2, 0) is 5.41 Å². The van der Waals surface area contributed by atoms with Crippen molar-refractivity contribution >= 4 is 11.3 Å². The van der Waals surface area contributed by atoms with Crippen LogP contribution in [0.25, 0.3) is 10.4 Å². The summed E-state index contributed by atoms with van der Waals surface area (Å²) in [5.41, 5.74) is 8.56. The van der Waals surface area contributed by atoms with Gasteiger partial charge >= 0.3 is 0 Å². The molecule has 1 aromatic heterocycles. The van der Waals surface area contributed by atoms with Crippen LogP contribution in [0.15, 0.2) is 36.4 Å². The summed E-state index contributed by atoms with van der Waals surface area (Å²) >= 11 is 1.89. The highest BCUT2D eigenvalue weighted by molar-refractivity contribution is 7.15. The second-order valence-electron chi connectivity index (χ2n) is 6.51. The number of benzene rings is 1. The maximum atomic E-state index is 5.65. The zero-order valence-electron chi connectivity index (χ0n) is 12.9. The van der Waals surface area contributed by atoms with E-state index in [0.29, 0.717) is 5.92 Å².